The molecule has 0 unspecified atom stereocenters. The molecule has 0 saturated carbocycles. The number of nitrogens with one attached hydrogen (secondary N) is 2. The van der Waals surface area contributed by atoms with Gasteiger partial charge in [-0.05, 0) is 77.6 Å². The highest BCUT2D eigenvalue weighted by Gasteiger charge is 2.31. The Morgan fingerprint density at radius 1 is 0.293 bits per heavy atom. The fraction of sp³-hybridized carbons (Fsp3) is 0.409. The zero-order chi connectivity index (χ0) is 85.8. The number of hydrogen-bond acceptors (Lipinski definition) is 22. The third-order valence-corrected chi connectivity index (χ3v) is 24.2. The van der Waals surface area contributed by atoms with Gasteiger partial charge in [-0.1, -0.05) is 250 Å². The molecule has 0 saturated heterocycles. The normalized spacial score (nSPS) is 11.4. The average molecular weight is 1680 g/mol. The standard InChI is InChI=1S/2C22H29NO5S.2C22H28O6S/c2*1-4-5-6-7-8-13-23-29(26,27)21-14-18(19(24)15-20(21)28-3)22(25)17-11-9-16(2)10-12-17;2*1-4-5-6-7-8-13-28-29(25,26)21-14-18(19(23)15-20(21)27-3)22(24)17-11-9-16(2)10-12-17/h2*9-12,14-15,23-24H,4-8,13H2,1-3H3;2*9-12,14-15,23H,4-8,13H2,1-3H3. The third-order valence-electron chi connectivity index (χ3n) is 18.6. The molecule has 0 heterocycles. The third kappa shape index (κ3) is 29.6. The Morgan fingerprint density at radius 3 is 0.724 bits per heavy atom. The van der Waals surface area contributed by atoms with Crippen molar-refractivity contribution in [1.29, 1.82) is 0 Å². The number of phenols is 4. The average Bonchev–Trinajstić information content (AvgIpc) is 0.801. The molecular formula is C88H114N2O22S4. The summed E-state index contributed by atoms with van der Waals surface area (Å²) < 4.78 is 138. The van der Waals surface area contributed by atoms with Crippen LogP contribution < -0.4 is 28.4 Å². The van der Waals surface area contributed by atoms with Gasteiger partial charge in [0.1, 0.15) is 65.6 Å². The number of ether oxygens (including phenoxy) is 4. The number of carbonyl (C=O) groups excluding carboxylic acids is 4. The van der Waals surface area contributed by atoms with Crippen LogP contribution in [0.15, 0.2) is 165 Å². The van der Waals surface area contributed by atoms with Gasteiger partial charge in [-0.3, -0.25) is 27.5 Å². The summed E-state index contributed by atoms with van der Waals surface area (Å²) in [6.45, 7) is 16.7. The van der Waals surface area contributed by atoms with Crippen molar-refractivity contribution < 1.29 is 101 Å². The highest BCUT2D eigenvalue weighted by atomic mass is 32.2. The van der Waals surface area contributed by atoms with E-state index in [-0.39, 0.29) is 101 Å². The Bertz CT molecular complexity index is 4370. The molecule has 0 aliphatic carbocycles. The number of phenolic OH excluding ortho intramolecular Hbond substituents is 4. The molecule has 0 aliphatic rings. The number of unbranched alkanes of at least 4 members (excludes halogenated alkanes) is 16. The summed E-state index contributed by atoms with van der Waals surface area (Å²) >= 11 is 0. The lowest BCUT2D eigenvalue weighted by molar-refractivity contribution is 0.102. The molecule has 0 amide bonds. The van der Waals surface area contributed by atoms with E-state index in [0.717, 1.165) is 174 Å². The second kappa shape index (κ2) is 48.2. The first kappa shape index (κ1) is 97.1. The Kier molecular flexibility index (Phi) is 40.4. The van der Waals surface area contributed by atoms with E-state index in [0.29, 0.717) is 48.2 Å². The number of ketones is 4. The van der Waals surface area contributed by atoms with Gasteiger partial charge < -0.3 is 39.4 Å². The summed E-state index contributed by atoms with van der Waals surface area (Å²) in [4.78, 5) is 50.3. The van der Waals surface area contributed by atoms with E-state index in [1.54, 1.807) is 97.1 Å². The number of hydrogen-bond donors (Lipinski definition) is 6. The van der Waals surface area contributed by atoms with Crippen LogP contribution in [0.1, 0.15) is 242 Å². The van der Waals surface area contributed by atoms with Crippen LogP contribution in [0, 0.1) is 27.7 Å². The molecule has 0 aliphatic heterocycles. The Labute approximate surface area is 685 Å². The smallest absolute Gasteiger partial charge is 0.300 e. The predicted octanol–water partition coefficient (Wildman–Crippen LogP) is 17.6. The minimum atomic E-state index is -4.15. The molecule has 0 spiro atoms. The highest BCUT2D eigenvalue weighted by Crippen LogP contribution is 2.38. The van der Waals surface area contributed by atoms with Gasteiger partial charge in [0, 0.05) is 59.6 Å². The van der Waals surface area contributed by atoms with Crippen LogP contribution in [0.4, 0.5) is 0 Å². The van der Waals surface area contributed by atoms with Gasteiger partial charge in [0.05, 0.1) is 63.9 Å². The summed E-state index contributed by atoms with van der Waals surface area (Å²) in [5.74, 6) is -3.43. The number of rotatable bonds is 44. The molecule has 0 atom stereocenters. The maximum Gasteiger partial charge on any atom is 0.300 e. The van der Waals surface area contributed by atoms with Gasteiger partial charge in [-0.2, -0.15) is 16.8 Å². The van der Waals surface area contributed by atoms with Crippen molar-refractivity contribution in [3.8, 4) is 46.0 Å². The van der Waals surface area contributed by atoms with Crippen molar-refractivity contribution in [3.63, 3.8) is 0 Å². The van der Waals surface area contributed by atoms with Crippen LogP contribution in [0.3, 0.4) is 0 Å². The maximum absolute atomic E-state index is 12.8. The Balaban J connectivity index is 0.000000276. The maximum atomic E-state index is 12.8. The summed E-state index contributed by atoms with van der Waals surface area (Å²) in [6, 6.07) is 36.5. The summed E-state index contributed by atoms with van der Waals surface area (Å²) in [5, 5.41) is 41.1. The zero-order valence-electron chi connectivity index (χ0n) is 68.6. The van der Waals surface area contributed by atoms with E-state index in [4.69, 9.17) is 27.3 Å². The number of sulfonamides is 2. The SMILES string of the molecule is CCCCCCCNS(=O)(=O)c1cc(C(=O)c2ccc(C)cc2)c(O)cc1OC.CCCCCCCNS(=O)(=O)c1cc(C(=O)c2ccc(C)cc2)c(O)cc1OC.CCCCCCCOS(=O)(=O)c1cc(C(=O)c2ccc(C)cc2)c(O)cc1OC.CCCCCCCOS(=O)(=O)c1cc(C(=O)c2ccc(C)cc2)c(O)cc1OC. The van der Waals surface area contributed by atoms with E-state index < -0.39 is 63.4 Å². The number of aryl methyl sites for hydroxylation is 4. The minimum absolute atomic E-state index is 0.0126. The second-order valence-corrected chi connectivity index (χ2v) is 34.5. The molecule has 116 heavy (non-hydrogen) atoms. The highest BCUT2D eigenvalue weighted by molar-refractivity contribution is 7.90. The van der Waals surface area contributed by atoms with E-state index in [2.05, 4.69) is 37.1 Å². The summed E-state index contributed by atoms with van der Waals surface area (Å²) in [5.41, 5.74) is 4.95. The summed E-state index contributed by atoms with van der Waals surface area (Å²) in [7, 11) is -10.9. The minimum Gasteiger partial charge on any atom is -0.507 e. The molecular weight excluding hydrogens is 1570 g/mol. The molecule has 0 bridgehead atoms. The van der Waals surface area contributed by atoms with Gasteiger partial charge in [0.15, 0.2) is 23.1 Å². The van der Waals surface area contributed by atoms with Crippen LogP contribution in [0.25, 0.3) is 0 Å². The molecule has 24 nitrogen and oxygen atoms in total. The van der Waals surface area contributed by atoms with Crippen molar-refractivity contribution in [1.82, 2.24) is 9.44 Å². The van der Waals surface area contributed by atoms with Gasteiger partial charge in [-0.25, -0.2) is 26.3 Å². The lowest BCUT2D eigenvalue weighted by atomic mass is 10.0. The molecule has 6 N–H and O–H groups in total. The molecule has 0 radical (unpaired) electrons. The quantitative estimate of drug-likeness (QED) is 0.0117. The molecule has 632 valence electrons. The van der Waals surface area contributed by atoms with Gasteiger partial charge in [0.25, 0.3) is 0 Å². The largest absolute Gasteiger partial charge is 0.507 e. The molecule has 8 aromatic rings. The number of carbonyl (C=O) groups is 4. The molecule has 0 aromatic heterocycles. The van der Waals surface area contributed by atoms with E-state index in [1.807, 2.05) is 27.7 Å². The van der Waals surface area contributed by atoms with Crippen molar-refractivity contribution in [2.75, 3.05) is 54.7 Å². The van der Waals surface area contributed by atoms with Gasteiger partial charge in [-0.15, -0.1) is 0 Å². The van der Waals surface area contributed by atoms with Crippen molar-refractivity contribution in [3.05, 3.63) is 212 Å². The van der Waals surface area contributed by atoms with Crippen LogP contribution in [0.2, 0.25) is 0 Å². The number of methoxy groups -OCH3 is 4. The second-order valence-electron chi connectivity index (χ2n) is 27.9. The number of aromatic hydroxyl groups is 4. The lowest BCUT2D eigenvalue weighted by Gasteiger charge is -2.14. The van der Waals surface area contributed by atoms with Crippen LogP contribution in [-0.2, 0) is 48.6 Å². The van der Waals surface area contributed by atoms with Crippen molar-refractivity contribution >= 4 is 63.4 Å². The molecule has 8 rings (SSSR count). The molecule has 0 fully saturated rings. The zero-order valence-corrected chi connectivity index (χ0v) is 71.9. The van der Waals surface area contributed by atoms with E-state index in [9.17, 15) is 73.3 Å². The van der Waals surface area contributed by atoms with E-state index >= 15 is 0 Å². The van der Waals surface area contributed by atoms with Gasteiger partial charge >= 0.3 is 20.2 Å². The van der Waals surface area contributed by atoms with Crippen LogP contribution in [-0.4, -0.2) is 132 Å². The predicted molar refractivity (Wildman–Crippen MR) is 449 cm³/mol. The van der Waals surface area contributed by atoms with Crippen LogP contribution >= 0.6 is 0 Å². The lowest BCUT2D eigenvalue weighted by Crippen LogP contribution is -2.25. The van der Waals surface area contributed by atoms with E-state index in [1.165, 1.54) is 40.6 Å². The molecule has 8 aromatic carbocycles. The first-order valence-corrected chi connectivity index (χ1v) is 44.9. The Morgan fingerprint density at radius 2 is 0.500 bits per heavy atom. The fourth-order valence-electron chi connectivity index (χ4n) is 11.7. The van der Waals surface area contributed by atoms with Crippen LogP contribution in [0.5, 0.6) is 46.0 Å². The monoisotopic (exact) mass is 1680 g/mol. The number of benzene rings is 8. The van der Waals surface area contributed by atoms with Crippen molar-refractivity contribution in [2.24, 2.45) is 0 Å². The first-order chi connectivity index (χ1) is 55.2. The van der Waals surface area contributed by atoms with Gasteiger partial charge in [0.2, 0.25) is 20.0 Å². The fourth-order valence-corrected chi connectivity index (χ4v) is 16.4. The summed E-state index contributed by atoms with van der Waals surface area (Å²) in [6.07, 6.45) is 19.4. The first-order valence-electron chi connectivity index (χ1n) is 39.1. The topological polar surface area (TPSA) is 365 Å². The Hall–Kier alpha value is -9.52. The molecule has 28 heteroatoms. The van der Waals surface area contributed by atoms with Crippen molar-refractivity contribution in [2.45, 2.75) is 203 Å².